The molecule has 1 aliphatic heterocycles. The van der Waals surface area contributed by atoms with Gasteiger partial charge in [0.25, 0.3) is 11.8 Å². The third-order valence-corrected chi connectivity index (χ3v) is 4.14. The van der Waals surface area contributed by atoms with E-state index in [4.69, 9.17) is 21.7 Å². The number of nitrogens with one attached hydrogen (secondary N) is 1. The normalized spacial score (nSPS) is 15.8. The largest absolute Gasteiger partial charge is 0.497 e. The molecule has 0 aliphatic carbocycles. The van der Waals surface area contributed by atoms with Crippen molar-refractivity contribution >= 4 is 40.9 Å². The van der Waals surface area contributed by atoms with Crippen molar-refractivity contribution in [2.75, 3.05) is 19.1 Å². The van der Waals surface area contributed by atoms with Crippen molar-refractivity contribution in [3.63, 3.8) is 0 Å². The van der Waals surface area contributed by atoms with Crippen LogP contribution in [0.3, 0.4) is 0 Å². The number of carbonyl (C=O) groups is 2. The summed E-state index contributed by atoms with van der Waals surface area (Å²) in [5.41, 5.74) is 1.12. The van der Waals surface area contributed by atoms with Gasteiger partial charge in [-0.2, -0.15) is 0 Å². The lowest BCUT2D eigenvalue weighted by atomic mass is 10.1. The van der Waals surface area contributed by atoms with Crippen molar-refractivity contribution in [3.05, 3.63) is 59.7 Å². The molecule has 1 saturated heterocycles. The van der Waals surface area contributed by atoms with Gasteiger partial charge in [-0.3, -0.25) is 19.8 Å². The maximum Gasteiger partial charge on any atom is 0.270 e. The Kier molecular flexibility index (Phi) is 4.99. The number of amides is 2. The number of benzene rings is 2. The Bertz CT molecular complexity index is 909. The molecule has 0 aromatic heterocycles. The quantitative estimate of drug-likeness (QED) is 0.510. The number of anilines is 1. The van der Waals surface area contributed by atoms with Gasteiger partial charge in [-0.15, -0.1) is 0 Å². The van der Waals surface area contributed by atoms with E-state index in [-0.39, 0.29) is 10.7 Å². The Morgan fingerprint density at radius 2 is 1.77 bits per heavy atom. The van der Waals surface area contributed by atoms with E-state index in [1.807, 2.05) is 6.07 Å². The highest BCUT2D eigenvalue weighted by molar-refractivity contribution is 7.80. The summed E-state index contributed by atoms with van der Waals surface area (Å²) in [6.07, 6.45) is 1.48. The Balaban J connectivity index is 2.04. The van der Waals surface area contributed by atoms with Crippen molar-refractivity contribution in [1.82, 2.24) is 5.32 Å². The average molecular weight is 368 g/mol. The second-order valence-electron chi connectivity index (χ2n) is 5.40. The molecule has 132 valence electrons. The molecule has 0 unspecified atom stereocenters. The van der Waals surface area contributed by atoms with Gasteiger partial charge in [0, 0.05) is 11.6 Å². The van der Waals surface area contributed by atoms with Gasteiger partial charge in [-0.25, -0.2) is 0 Å². The SMILES string of the molecule is COc1ccc(/C=C2\C(=O)NC(=S)N(c3ccccc3)C2=O)c(OC)c1. The third-order valence-electron chi connectivity index (χ3n) is 3.86. The van der Waals surface area contributed by atoms with Gasteiger partial charge in [0.1, 0.15) is 17.1 Å². The lowest BCUT2D eigenvalue weighted by Crippen LogP contribution is -2.54. The van der Waals surface area contributed by atoms with Crippen LogP contribution >= 0.6 is 12.2 Å². The molecule has 0 spiro atoms. The first-order valence-electron chi connectivity index (χ1n) is 7.73. The molecule has 26 heavy (non-hydrogen) atoms. The maximum atomic E-state index is 12.9. The van der Waals surface area contributed by atoms with Gasteiger partial charge >= 0.3 is 0 Å². The standard InChI is InChI=1S/C19H16N2O4S/c1-24-14-9-8-12(16(11-14)25-2)10-15-17(22)20-19(26)21(18(15)23)13-6-4-3-5-7-13/h3-11H,1-2H3,(H,20,22,26)/b15-10+. The molecule has 2 aromatic carbocycles. The van der Waals surface area contributed by atoms with E-state index in [1.54, 1.807) is 49.6 Å². The van der Waals surface area contributed by atoms with Gasteiger partial charge in [-0.05, 0) is 42.6 Å². The zero-order valence-electron chi connectivity index (χ0n) is 14.2. The monoisotopic (exact) mass is 368 g/mol. The molecule has 2 amide bonds. The summed E-state index contributed by atoms with van der Waals surface area (Å²) in [6.45, 7) is 0. The molecule has 7 heteroatoms. The predicted molar refractivity (Wildman–Crippen MR) is 102 cm³/mol. The molecule has 1 N–H and O–H groups in total. The number of rotatable bonds is 4. The topological polar surface area (TPSA) is 67.9 Å². The first kappa shape index (κ1) is 17.6. The van der Waals surface area contributed by atoms with Crippen molar-refractivity contribution in [2.45, 2.75) is 0 Å². The van der Waals surface area contributed by atoms with E-state index in [0.717, 1.165) is 0 Å². The predicted octanol–water partition coefficient (Wildman–Crippen LogP) is 2.54. The van der Waals surface area contributed by atoms with Crippen LogP contribution in [0.4, 0.5) is 5.69 Å². The van der Waals surface area contributed by atoms with Crippen LogP contribution in [-0.4, -0.2) is 31.1 Å². The first-order valence-corrected chi connectivity index (χ1v) is 8.14. The van der Waals surface area contributed by atoms with Crippen molar-refractivity contribution in [1.29, 1.82) is 0 Å². The van der Waals surface area contributed by atoms with Crippen LogP contribution in [-0.2, 0) is 9.59 Å². The summed E-state index contributed by atoms with van der Waals surface area (Å²) in [5, 5.41) is 2.60. The average Bonchev–Trinajstić information content (AvgIpc) is 2.65. The van der Waals surface area contributed by atoms with Crippen LogP contribution in [0.5, 0.6) is 11.5 Å². The second kappa shape index (κ2) is 7.37. The molecule has 1 heterocycles. The van der Waals surface area contributed by atoms with E-state index in [0.29, 0.717) is 22.7 Å². The first-order chi connectivity index (χ1) is 12.5. The number of hydrogen-bond donors (Lipinski definition) is 1. The fraction of sp³-hybridized carbons (Fsp3) is 0.105. The van der Waals surface area contributed by atoms with Crippen LogP contribution in [0.2, 0.25) is 0 Å². The maximum absolute atomic E-state index is 12.9. The minimum absolute atomic E-state index is 0.0362. The molecule has 0 radical (unpaired) electrons. The van der Waals surface area contributed by atoms with E-state index in [9.17, 15) is 9.59 Å². The van der Waals surface area contributed by atoms with E-state index >= 15 is 0 Å². The van der Waals surface area contributed by atoms with Crippen LogP contribution in [0.15, 0.2) is 54.1 Å². The molecular formula is C19H16N2O4S. The Hall–Kier alpha value is -3.19. The summed E-state index contributed by atoms with van der Waals surface area (Å²) in [7, 11) is 3.05. The third kappa shape index (κ3) is 3.29. The van der Waals surface area contributed by atoms with Crippen LogP contribution in [0.25, 0.3) is 6.08 Å². The summed E-state index contributed by atoms with van der Waals surface area (Å²) in [4.78, 5) is 26.5. The fourth-order valence-electron chi connectivity index (χ4n) is 2.56. The van der Waals surface area contributed by atoms with Crippen LogP contribution in [0, 0.1) is 0 Å². The highest BCUT2D eigenvalue weighted by Crippen LogP contribution is 2.28. The molecule has 6 nitrogen and oxygen atoms in total. The lowest BCUT2D eigenvalue weighted by molar-refractivity contribution is -0.122. The Morgan fingerprint density at radius 3 is 2.42 bits per heavy atom. The van der Waals surface area contributed by atoms with Crippen LogP contribution in [0.1, 0.15) is 5.56 Å². The lowest BCUT2D eigenvalue weighted by Gasteiger charge is -2.28. The van der Waals surface area contributed by atoms with Crippen molar-refractivity contribution in [3.8, 4) is 11.5 Å². The second-order valence-corrected chi connectivity index (χ2v) is 5.79. The summed E-state index contributed by atoms with van der Waals surface area (Å²) < 4.78 is 10.5. The summed E-state index contributed by atoms with van der Waals surface area (Å²) in [6, 6.07) is 14.0. The smallest absolute Gasteiger partial charge is 0.270 e. The number of ether oxygens (including phenoxy) is 2. The zero-order valence-corrected chi connectivity index (χ0v) is 15.0. The molecule has 3 rings (SSSR count). The van der Waals surface area contributed by atoms with Gasteiger partial charge in [0.15, 0.2) is 5.11 Å². The van der Waals surface area contributed by atoms with E-state index in [2.05, 4.69) is 5.32 Å². The molecule has 0 atom stereocenters. The highest BCUT2D eigenvalue weighted by Gasteiger charge is 2.34. The molecular weight excluding hydrogens is 352 g/mol. The van der Waals surface area contributed by atoms with Gasteiger partial charge in [0.05, 0.1) is 19.9 Å². The Morgan fingerprint density at radius 1 is 1.04 bits per heavy atom. The molecule has 2 aromatic rings. The highest BCUT2D eigenvalue weighted by atomic mass is 32.1. The van der Waals surface area contributed by atoms with Crippen molar-refractivity contribution < 1.29 is 19.1 Å². The number of nitrogens with zero attached hydrogens (tertiary/aromatic N) is 1. The van der Waals surface area contributed by atoms with E-state index in [1.165, 1.54) is 18.1 Å². The van der Waals surface area contributed by atoms with Gasteiger partial charge in [-0.1, -0.05) is 18.2 Å². The van der Waals surface area contributed by atoms with Crippen molar-refractivity contribution in [2.24, 2.45) is 0 Å². The summed E-state index contributed by atoms with van der Waals surface area (Å²) >= 11 is 5.17. The molecule has 1 aliphatic rings. The minimum atomic E-state index is -0.551. The van der Waals surface area contributed by atoms with E-state index < -0.39 is 11.8 Å². The zero-order chi connectivity index (χ0) is 18.7. The number of thiocarbonyl (C=S) groups is 1. The minimum Gasteiger partial charge on any atom is -0.497 e. The number of carbonyl (C=O) groups excluding carboxylic acids is 2. The molecule has 0 saturated carbocycles. The number of methoxy groups -OCH3 is 2. The summed E-state index contributed by atoms with van der Waals surface area (Å²) in [5.74, 6) is 0.0419. The number of hydrogen-bond acceptors (Lipinski definition) is 5. The fourth-order valence-corrected chi connectivity index (χ4v) is 2.84. The number of para-hydroxylation sites is 1. The van der Waals surface area contributed by atoms with Gasteiger partial charge < -0.3 is 9.47 Å². The van der Waals surface area contributed by atoms with Crippen LogP contribution < -0.4 is 19.7 Å². The molecule has 0 bridgehead atoms. The van der Waals surface area contributed by atoms with Gasteiger partial charge in [0.2, 0.25) is 0 Å². The molecule has 1 fully saturated rings. The Labute approximate surface area is 156 Å².